The lowest BCUT2D eigenvalue weighted by atomic mass is 9.97. The van der Waals surface area contributed by atoms with Gasteiger partial charge < -0.3 is 10.2 Å². The van der Waals surface area contributed by atoms with E-state index in [1.165, 1.54) is 0 Å². The van der Waals surface area contributed by atoms with Gasteiger partial charge in [-0.1, -0.05) is 0 Å². The summed E-state index contributed by atoms with van der Waals surface area (Å²) in [5.74, 6) is 0. The minimum atomic E-state index is -0.474. The first kappa shape index (κ1) is 8.97. The molecule has 1 unspecified atom stereocenters. The summed E-state index contributed by atoms with van der Waals surface area (Å²) in [6, 6.07) is 0. The first-order valence-corrected chi connectivity index (χ1v) is 4.12. The summed E-state index contributed by atoms with van der Waals surface area (Å²) < 4.78 is 0. The van der Waals surface area contributed by atoms with Crippen LogP contribution in [-0.2, 0) is 0 Å². The van der Waals surface area contributed by atoms with Crippen molar-refractivity contribution in [3.63, 3.8) is 0 Å². The van der Waals surface area contributed by atoms with E-state index in [9.17, 15) is 5.11 Å². The molecule has 3 nitrogen and oxygen atoms in total. The molecule has 66 valence electrons. The maximum Gasteiger partial charge on any atom is 0.0872 e. The van der Waals surface area contributed by atoms with Crippen molar-refractivity contribution in [3.05, 3.63) is 0 Å². The van der Waals surface area contributed by atoms with Crippen LogP contribution >= 0.6 is 0 Å². The van der Waals surface area contributed by atoms with Crippen LogP contribution in [-0.4, -0.2) is 46.5 Å². The van der Waals surface area contributed by atoms with Gasteiger partial charge in [0.05, 0.1) is 11.7 Å². The van der Waals surface area contributed by atoms with E-state index in [1.807, 2.05) is 6.92 Å². The van der Waals surface area contributed by atoms with Crippen molar-refractivity contribution in [1.82, 2.24) is 4.90 Å². The van der Waals surface area contributed by atoms with Crippen LogP contribution in [0.4, 0.5) is 0 Å². The van der Waals surface area contributed by atoms with E-state index in [-0.39, 0.29) is 6.10 Å². The van der Waals surface area contributed by atoms with Crippen LogP contribution in [0.3, 0.4) is 0 Å². The van der Waals surface area contributed by atoms with Gasteiger partial charge in [0.25, 0.3) is 0 Å². The second kappa shape index (κ2) is 3.09. The molecule has 0 saturated carbocycles. The molecule has 1 aliphatic rings. The van der Waals surface area contributed by atoms with Gasteiger partial charge in [0.1, 0.15) is 0 Å². The third kappa shape index (κ3) is 2.77. The molecule has 0 aromatic heterocycles. The monoisotopic (exact) mass is 159 g/mol. The molecular formula is C8H17NO2. The van der Waals surface area contributed by atoms with Crippen LogP contribution in [0.1, 0.15) is 20.3 Å². The van der Waals surface area contributed by atoms with Gasteiger partial charge in [0.2, 0.25) is 0 Å². The molecule has 0 spiro atoms. The second-order valence-corrected chi connectivity index (χ2v) is 3.85. The largest absolute Gasteiger partial charge is 0.393 e. The molecule has 1 heterocycles. The first-order valence-electron chi connectivity index (χ1n) is 4.12. The van der Waals surface area contributed by atoms with E-state index in [1.54, 1.807) is 6.92 Å². The van der Waals surface area contributed by atoms with Crippen LogP contribution in [0, 0.1) is 0 Å². The third-order valence-electron chi connectivity index (χ3n) is 1.99. The van der Waals surface area contributed by atoms with Crippen LogP contribution in [0.25, 0.3) is 0 Å². The van der Waals surface area contributed by atoms with Crippen molar-refractivity contribution in [2.75, 3.05) is 19.6 Å². The Labute approximate surface area is 67.6 Å². The number of β-amino-alcohol motifs (C(OH)–C–C–N with tert-alkyl or cyclic N) is 1. The quantitative estimate of drug-likeness (QED) is 0.600. The minimum absolute atomic E-state index is 0.222. The number of hydrogen-bond donors (Lipinski definition) is 2. The van der Waals surface area contributed by atoms with Gasteiger partial charge in [-0.25, -0.2) is 0 Å². The van der Waals surface area contributed by atoms with Crippen molar-refractivity contribution in [3.8, 4) is 0 Å². The molecule has 1 fully saturated rings. The summed E-state index contributed by atoms with van der Waals surface area (Å²) in [5.41, 5.74) is -0.474. The summed E-state index contributed by atoms with van der Waals surface area (Å²) in [6.07, 6.45) is 0.580. The Morgan fingerprint density at radius 1 is 1.55 bits per heavy atom. The fourth-order valence-electron chi connectivity index (χ4n) is 1.44. The molecule has 0 aromatic rings. The van der Waals surface area contributed by atoms with E-state index < -0.39 is 5.60 Å². The lowest BCUT2D eigenvalue weighted by Crippen LogP contribution is -2.60. The number of aliphatic hydroxyl groups is 2. The van der Waals surface area contributed by atoms with Crippen molar-refractivity contribution in [2.24, 2.45) is 0 Å². The van der Waals surface area contributed by atoms with Crippen LogP contribution in [0.15, 0.2) is 0 Å². The number of likely N-dealkylation sites (tertiary alicyclic amines) is 1. The predicted octanol–water partition coefficient (Wildman–Crippen LogP) is -0.176. The molecule has 0 amide bonds. The highest BCUT2D eigenvalue weighted by Gasteiger charge is 2.35. The molecule has 2 N–H and O–H groups in total. The van der Waals surface area contributed by atoms with E-state index >= 15 is 0 Å². The topological polar surface area (TPSA) is 43.7 Å². The van der Waals surface area contributed by atoms with Gasteiger partial charge in [-0.15, -0.1) is 0 Å². The van der Waals surface area contributed by atoms with Gasteiger partial charge in [-0.3, -0.25) is 4.90 Å². The van der Waals surface area contributed by atoms with E-state index in [0.29, 0.717) is 0 Å². The smallest absolute Gasteiger partial charge is 0.0872 e. The van der Waals surface area contributed by atoms with Gasteiger partial charge >= 0.3 is 0 Å². The molecule has 0 aliphatic carbocycles. The van der Waals surface area contributed by atoms with Crippen molar-refractivity contribution < 1.29 is 10.2 Å². The summed E-state index contributed by atoms with van der Waals surface area (Å²) in [7, 11) is 0. The molecule has 1 saturated heterocycles. The highest BCUT2D eigenvalue weighted by atomic mass is 16.3. The first-order chi connectivity index (χ1) is 4.99. The third-order valence-corrected chi connectivity index (χ3v) is 1.99. The van der Waals surface area contributed by atoms with Crippen molar-refractivity contribution in [2.45, 2.75) is 32.0 Å². The molecule has 3 heteroatoms. The summed E-state index contributed by atoms with van der Waals surface area (Å²) in [6.45, 7) is 6.02. The predicted molar refractivity (Wildman–Crippen MR) is 43.4 cm³/mol. The average Bonchev–Trinajstić information content (AvgIpc) is 1.78. The zero-order valence-corrected chi connectivity index (χ0v) is 7.25. The van der Waals surface area contributed by atoms with Crippen molar-refractivity contribution >= 4 is 0 Å². The van der Waals surface area contributed by atoms with Crippen molar-refractivity contribution in [1.29, 1.82) is 0 Å². The van der Waals surface area contributed by atoms with E-state index in [0.717, 1.165) is 26.1 Å². The normalized spacial score (nSPS) is 26.2. The van der Waals surface area contributed by atoms with Gasteiger partial charge in [-0.05, 0) is 20.3 Å². The molecule has 0 aromatic carbocycles. The standard InChI is InChI=1S/C8H17NO2/c1-7(10)3-4-9-5-8(2,11)6-9/h7,10-11H,3-6H2,1-2H3. The van der Waals surface area contributed by atoms with Crippen LogP contribution in [0.2, 0.25) is 0 Å². The molecule has 1 atom stereocenters. The zero-order chi connectivity index (χ0) is 8.48. The van der Waals surface area contributed by atoms with Crippen LogP contribution in [0.5, 0.6) is 0 Å². The van der Waals surface area contributed by atoms with Gasteiger partial charge in [0.15, 0.2) is 0 Å². The maximum absolute atomic E-state index is 9.34. The Morgan fingerprint density at radius 2 is 2.09 bits per heavy atom. The van der Waals surface area contributed by atoms with Gasteiger partial charge in [-0.2, -0.15) is 0 Å². The number of hydrogen-bond acceptors (Lipinski definition) is 3. The summed E-state index contributed by atoms with van der Waals surface area (Å²) in [5, 5.41) is 18.3. The van der Waals surface area contributed by atoms with Crippen LogP contribution < -0.4 is 0 Å². The molecule has 1 aliphatic heterocycles. The molecule has 11 heavy (non-hydrogen) atoms. The van der Waals surface area contributed by atoms with E-state index in [2.05, 4.69) is 4.90 Å². The Morgan fingerprint density at radius 3 is 2.45 bits per heavy atom. The fraction of sp³-hybridized carbons (Fsp3) is 1.00. The van der Waals surface area contributed by atoms with E-state index in [4.69, 9.17) is 5.11 Å². The average molecular weight is 159 g/mol. The highest BCUT2D eigenvalue weighted by Crippen LogP contribution is 2.19. The Hall–Kier alpha value is -0.120. The molecule has 0 radical (unpaired) electrons. The van der Waals surface area contributed by atoms with Gasteiger partial charge in [0, 0.05) is 19.6 Å². The Bertz CT molecular complexity index is 126. The molecule has 1 rings (SSSR count). The summed E-state index contributed by atoms with van der Waals surface area (Å²) in [4.78, 5) is 2.15. The second-order valence-electron chi connectivity index (χ2n) is 3.85. The Kier molecular flexibility index (Phi) is 2.52. The minimum Gasteiger partial charge on any atom is -0.393 e. The lowest BCUT2D eigenvalue weighted by Gasteiger charge is -2.44. The highest BCUT2D eigenvalue weighted by molar-refractivity contribution is 4.91. The lowest BCUT2D eigenvalue weighted by molar-refractivity contribution is -0.0859. The number of nitrogens with zero attached hydrogens (tertiary/aromatic N) is 1. The molecule has 0 bridgehead atoms. The summed E-state index contributed by atoms with van der Waals surface area (Å²) >= 11 is 0. The Balaban J connectivity index is 2.05. The number of aliphatic hydroxyl groups excluding tert-OH is 1. The molecular weight excluding hydrogens is 142 g/mol. The SMILES string of the molecule is CC(O)CCN1CC(C)(O)C1. The maximum atomic E-state index is 9.34. The zero-order valence-electron chi connectivity index (χ0n) is 7.25. The fourth-order valence-corrected chi connectivity index (χ4v) is 1.44. The number of rotatable bonds is 3.